The third-order valence-electron chi connectivity index (χ3n) is 1.95. The van der Waals surface area contributed by atoms with E-state index in [1.165, 1.54) is 16.8 Å². The summed E-state index contributed by atoms with van der Waals surface area (Å²) < 4.78 is 15.9. The summed E-state index contributed by atoms with van der Waals surface area (Å²) in [5.41, 5.74) is -0.968. The first-order valence-corrected chi connectivity index (χ1v) is 6.41. The van der Waals surface area contributed by atoms with Gasteiger partial charge in [-0.05, 0) is 12.8 Å². The SMILES string of the molecule is O=c1ccn(CCCCOP(=O)(O)O)c(=O)[nH]1. The molecule has 1 aromatic heterocycles. The molecule has 0 radical (unpaired) electrons. The summed E-state index contributed by atoms with van der Waals surface area (Å²) in [5, 5.41) is 0. The maximum atomic E-state index is 11.2. The minimum absolute atomic E-state index is 0.0810. The van der Waals surface area contributed by atoms with Gasteiger partial charge in [0.2, 0.25) is 0 Å². The van der Waals surface area contributed by atoms with E-state index in [4.69, 9.17) is 9.79 Å². The largest absolute Gasteiger partial charge is 0.469 e. The lowest BCUT2D eigenvalue weighted by atomic mass is 10.3. The Kier molecular flexibility index (Phi) is 4.83. The molecule has 0 aromatic carbocycles. The van der Waals surface area contributed by atoms with Crippen LogP contribution in [0.1, 0.15) is 12.8 Å². The number of phosphoric acid groups is 1. The monoisotopic (exact) mass is 264 g/mol. The molecule has 3 N–H and O–H groups in total. The minimum Gasteiger partial charge on any atom is -0.303 e. The van der Waals surface area contributed by atoms with Gasteiger partial charge in [0, 0.05) is 18.8 Å². The first-order chi connectivity index (χ1) is 7.88. The molecule has 17 heavy (non-hydrogen) atoms. The van der Waals surface area contributed by atoms with Crippen LogP contribution in [0.3, 0.4) is 0 Å². The van der Waals surface area contributed by atoms with E-state index >= 15 is 0 Å². The second-order valence-electron chi connectivity index (χ2n) is 3.33. The van der Waals surface area contributed by atoms with Gasteiger partial charge in [-0.3, -0.25) is 14.3 Å². The van der Waals surface area contributed by atoms with E-state index in [9.17, 15) is 14.2 Å². The molecule has 0 aliphatic carbocycles. The van der Waals surface area contributed by atoms with Crippen LogP contribution >= 0.6 is 7.82 Å². The van der Waals surface area contributed by atoms with E-state index in [0.29, 0.717) is 19.4 Å². The van der Waals surface area contributed by atoms with Crippen molar-refractivity contribution in [3.63, 3.8) is 0 Å². The summed E-state index contributed by atoms with van der Waals surface area (Å²) in [5.74, 6) is 0. The van der Waals surface area contributed by atoms with Gasteiger partial charge in [0.25, 0.3) is 5.56 Å². The number of nitrogens with one attached hydrogen (secondary N) is 1. The molecule has 9 heteroatoms. The van der Waals surface area contributed by atoms with E-state index in [1.54, 1.807) is 0 Å². The van der Waals surface area contributed by atoms with Gasteiger partial charge in [0.05, 0.1) is 6.61 Å². The van der Waals surface area contributed by atoms with Crippen molar-refractivity contribution in [2.45, 2.75) is 19.4 Å². The Bertz CT molecular complexity index is 515. The Balaban J connectivity index is 2.34. The number of aromatic amines is 1. The van der Waals surface area contributed by atoms with Crippen LogP contribution in [-0.4, -0.2) is 25.9 Å². The molecule has 0 unspecified atom stereocenters. The lowest BCUT2D eigenvalue weighted by Gasteiger charge is -2.06. The maximum absolute atomic E-state index is 11.2. The highest BCUT2D eigenvalue weighted by molar-refractivity contribution is 7.46. The Morgan fingerprint density at radius 1 is 1.35 bits per heavy atom. The summed E-state index contributed by atoms with van der Waals surface area (Å²) in [7, 11) is -4.41. The number of unbranched alkanes of at least 4 members (excludes halogenated alkanes) is 1. The molecule has 1 aromatic rings. The highest BCUT2D eigenvalue weighted by Crippen LogP contribution is 2.35. The number of hydrogen-bond donors (Lipinski definition) is 3. The van der Waals surface area contributed by atoms with E-state index in [1.807, 2.05) is 0 Å². The predicted octanol–water partition coefficient (Wildman–Crippen LogP) is -0.574. The fraction of sp³-hybridized carbons (Fsp3) is 0.500. The lowest BCUT2D eigenvalue weighted by Crippen LogP contribution is -2.28. The summed E-state index contributed by atoms with van der Waals surface area (Å²) in [6.07, 6.45) is 2.27. The van der Waals surface area contributed by atoms with Crippen molar-refractivity contribution >= 4 is 7.82 Å². The molecular weight excluding hydrogens is 251 g/mol. The summed E-state index contributed by atoms with van der Waals surface area (Å²) in [4.78, 5) is 40.9. The summed E-state index contributed by atoms with van der Waals surface area (Å²) >= 11 is 0. The molecule has 96 valence electrons. The third kappa shape index (κ3) is 5.60. The molecule has 0 amide bonds. The molecule has 0 spiro atoms. The third-order valence-corrected chi connectivity index (χ3v) is 2.47. The molecule has 0 bridgehead atoms. The van der Waals surface area contributed by atoms with Crippen LogP contribution in [0.5, 0.6) is 0 Å². The average molecular weight is 264 g/mol. The van der Waals surface area contributed by atoms with Crippen LogP contribution in [0.25, 0.3) is 0 Å². The van der Waals surface area contributed by atoms with Crippen molar-refractivity contribution in [3.05, 3.63) is 33.1 Å². The van der Waals surface area contributed by atoms with Gasteiger partial charge in [-0.15, -0.1) is 0 Å². The van der Waals surface area contributed by atoms with Gasteiger partial charge in [-0.25, -0.2) is 9.36 Å². The van der Waals surface area contributed by atoms with Crippen LogP contribution in [0, 0.1) is 0 Å². The number of phosphoric ester groups is 1. The molecule has 0 fully saturated rings. The molecule has 0 saturated heterocycles. The van der Waals surface area contributed by atoms with Gasteiger partial charge >= 0.3 is 13.5 Å². The molecule has 8 nitrogen and oxygen atoms in total. The van der Waals surface area contributed by atoms with Gasteiger partial charge in [0.15, 0.2) is 0 Å². The number of rotatable bonds is 6. The molecule has 0 saturated carbocycles. The van der Waals surface area contributed by atoms with Crippen LogP contribution in [0.15, 0.2) is 21.9 Å². The quantitative estimate of drug-likeness (QED) is 0.467. The van der Waals surface area contributed by atoms with Crippen LogP contribution in [0.2, 0.25) is 0 Å². The number of nitrogens with zero attached hydrogens (tertiary/aromatic N) is 1. The zero-order valence-corrected chi connectivity index (χ0v) is 9.80. The molecule has 0 atom stereocenters. The topological polar surface area (TPSA) is 122 Å². The number of hydrogen-bond acceptors (Lipinski definition) is 4. The smallest absolute Gasteiger partial charge is 0.303 e. The van der Waals surface area contributed by atoms with E-state index in [2.05, 4.69) is 9.51 Å². The van der Waals surface area contributed by atoms with E-state index < -0.39 is 19.1 Å². The maximum Gasteiger partial charge on any atom is 0.469 e. The Labute approximate surface area is 96.1 Å². The molecule has 0 aliphatic heterocycles. The van der Waals surface area contributed by atoms with Gasteiger partial charge in [-0.2, -0.15) is 0 Å². The van der Waals surface area contributed by atoms with Crippen molar-refractivity contribution in [2.75, 3.05) is 6.61 Å². The summed E-state index contributed by atoms with van der Waals surface area (Å²) in [6, 6.07) is 1.23. The van der Waals surface area contributed by atoms with Crippen LogP contribution < -0.4 is 11.2 Å². The molecular formula is C8H13N2O6P. The van der Waals surface area contributed by atoms with Crippen LogP contribution in [-0.2, 0) is 15.6 Å². The average Bonchev–Trinajstić information content (AvgIpc) is 2.18. The van der Waals surface area contributed by atoms with E-state index in [-0.39, 0.29) is 6.61 Å². The predicted molar refractivity (Wildman–Crippen MR) is 58.6 cm³/mol. The standard InChI is InChI=1S/C8H13N2O6P/c11-7-3-5-10(8(12)9-7)4-1-2-6-16-17(13,14)15/h3,5H,1-2,4,6H2,(H,9,11,12)(H2,13,14,15). The first-order valence-electron chi connectivity index (χ1n) is 4.88. The normalized spacial score (nSPS) is 11.6. The van der Waals surface area contributed by atoms with Crippen molar-refractivity contribution < 1.29 is 18.9 Å². The van der Waals surface area contributed by atoms with Crippen molar-refractivity contribution in [1.29, 1.82) is 0 Å². The number of H-pyrrole nitrogens is 1. The Morgan fingerprint density at radius 3 is 2.65 bits per heavy atom. The van der Waals surface area contributed by atoms with Gasteiger partial charge in [-0.1, -0.05) is 0 Å². The van der Waals surface area contributed by atoms with E-state index in [0.717, 1.165) is 0 Å². The van der Waals surface area contributed by atoms with Crippen molar-refractivity contribution in [1.82, 2.24) is 9.55 Å². The van der Waals surface area contributed by atoms with Crippen molar-refractivity contribution in [3.8, 4) is 0 Å². The second kappa shape index (κ2) is 5.92. The molecule has 0 aliphatic rings. The van der Waals surface area contributed by atoms with Crippen LogP contribution in [0.4, 0.5) is 0 Å². The fourth-order valence-corrected chi connectivity index (χ4v) is 1.55. The fourth-order valence-electron chi connectivity index (χ4n) is 1.19. The minimum atomic E-state index is -4.41. The molecule has 1 rings (SSSR count). The zero-order chi connectivity index (χ0) is 12.9. The molecule has 1 heterocycles. The van der Waals surface area contributed by atoms with Crippen molar-refractivity contribution in [2.24, 2.45) is 0 Å². The highest BCUT2D eigenvalue weighted by atomic mass is 31.2. The van der Waals surface area contributed by atoms with Gasteiger partial charge < -0.3 is 14.4 Å². The Hall–Kier alpha value is -1.21. The number of aromatic nitrogens is 2. The summed E-state index contributed by atoms with van der Waals surface area (Å²) in [6.45, 7) is 0.266. The first kappa shape index (κ1) is 13.9. The number of aryl methyl sites for hydroxylation is 1. The highest BCUT2D eigenvalue weighted by Gasteiger charge is 2.12. The zero-order valence-electron chi connectivity index (χ0n) is 8.90. The lowest BCUT2D eigenvalue weighted by molar-refractivity contribution is 0.193. The Morgan fingerprint density at radius 2 is 2.06 bits per heavy atom. The second-order valence-corrected chi connectivity index (χ2v) is 4.57. The van der Waals surface area contributed by atoms with Gasteiger partial charge in [0.1, 0.15) is 0 Å².